The van der Waals surface area contributed by atoms with Gasteiger partial charge in [0.2, 0.25) is 5.91 Å². The molecule has 30 heavy (non-hydrogen) atoms. The molecule has 3 nitrogen and oxygen atoms in total. The molecule has 0 radical (unpaired) electrons. The summed E-state index contributed by atoms with van der Waals surface area (Å²) in [5.74, 6) is 2.05. The molecule has 2 aliphatic rings. The first-order chi connectivity index (χ1) is 14.1. The summed E-state index contributed by atoms with van der Waals surface area (Å²) in [6.07, 6.45) is 6.55. The SMILES string of the molecule is C=C1CCC2C(C(C)CC(O)C2(C)C)C1CCC(C)=CC(=O)Nc1cccc(C)c1. The monoisotopic (exact) mass is 409 g/mol. The molecule has 2 saturated carbocycles. The number of fused-ring (bicyclic) bond motifs is 1. The van der Waals surface area contributed by atoms with E-state index in [4.69, 9.17) is 0 Å². The van der Waals surface area contributed by atoms with Crippen LogP contribution in [0.5, 0.6) is 0 Å². The number of rotatable bonds is 5. The number of anilines is 1. The van der Waals surface area contributed by atoms with Crippen LogP contribution in [0.2, 0.25) is 0 Å². The number of aliphatic hydroxyl groups is 1. The minimum absolute atomic E-state index is 0.0330. The van der Waals surface area contributed by atoms with E-state index in [1.807, 2.05) is 31.2 Å². The molecule has 0 aromatic heterocycles. The van der Waals surface area contributed by atoms with Gasteiger partial charge in [-0.05, 0) is 92.7 Å². The molecular weight excluding hydrogens is 370 g/mol. The highest BCUT2D eigenvalue weighted by Gasteiger charge is 2.51. The molecule has 0 spiro atoms. The summed E-state index contributed by atoms with van der Waals surface area (Å²) in [5, 5.41) is 13.6. The number of allylic oxidation sites excluding steroid dienone is 2. The summed E-state index contributed by atoms with van der Waals surface area (Å²) >= 11 is 0. The van der Waals surface area contributed by atoms with Crippen LogP contribution >= 0.6 is 0 Å². The highest BCUT2D eigenvalue weighted by Crippen LogP contribution is 2.56. The van der Waals surface area contributed by atoms with Gasteiger partial charge in [-0.15, -0.1) is 0 Å². The average molecular weight is 410 g/mol. The number of carbonyl (C=O) groups is 1. The summed E-state index contributed by atoms with van der Waals surface area (Å²) in [6, 6.07) is 7.87. The minimum atomic E-state index is -0.215. The Kier molecular flexibility index (Phi) is 6.91. The Balaban J connectivity index is 1.65. The number of aliphatic hydroxyl groups excluding tert-OH is 1. The molecule has 3 rings (SSSR count). The molecule has 0 bridgehead atoms. The fourth-order valence-electron chi connectivity index (χ4n) is 5.97. The Labute approximate surface area is 182 Å². The van der Waals surface area contributed by atoms with Gasteiger partial charge in [-0.1, -0.05) is 50.6 Å². The van der Waals surface area contributed by atoms with Gasteiger partial charge in [0.15, 0.2) is 0 Å². The van der Waals surface area contributed by atoms with Crippen LogP contribution in [0.4, 0.5) is 5.69 Å². The van der Waals surface area contributed by atoms with E-state index in [-0.39, 0.29) is 17.4 Å². The van der Waals surface area contributed by atoms with Gasteiger partial charge in [-0.2, -0.15) is 0 Å². The summed E-state index contributed by atoms with van der Waals surface area (Å²) in [7, 11) is 0. The van der Waals surface area contributed by atoms with E-state index < -0.39 is 0 Å². The first-order valence-electron chi connectivity index (χ1n) is 11.5. The van der Waals surface area contributed by atoms with Crippen molar-refractivity contribution in [2.24, 2.45) is 29.1 Å². The van der Waals surface area contributed by atoms with E-state index in [0.29, 0.717) is 23.7 Å². The fourth-order valence-corrected chi connectivity index (χ4v) is 5.97. The predicted octanol–water partition coefficient (Wildman–Crippen LogP) is 6.29. The molecule has 164 valence electrons. The highest BCUT2D eigenvalue weighted by molar-refractivity contribution is 5.99. The molecule has 1 aromatic carbocycles. The lowest BCUT2D eigenvalue weighted by atomic mass is 9.50. The van der Waals surface area contributed by atoms with Crippen molar-refractivity contribution in [3.63, 3.8) is 0 Å². The number of nitrogens with one attached hydrogen (secondary N) is 1. The molecule has 3 heteroatoms. The lowest BCUT2D eigenvalue weighted by Gasteiger charge is -2.55. The summed E-state index contributed by atoms with van der Waals surface area (Å²) in [5.41, 5.74) is 4.41. The molecule has 0 heterocycles. The Hall–Kier alpha value is -1.87. The summed E-state index contributed by atoms with van der Waals surface area (Å²) in [6.45, 7) is 15.3. The van der Waals surface area contributed by atoms with Crippen LogP contribution < -0.4 is 5.32 Å². The van der Waals surface area contributed by atoms with Crippen molar-refractivity contribution in [2.45, 2.75) is 72.8 Å². The van der Waals surface area contributed by atoms with Gasteiger partial charge in [0.25, 0.3) is 0 Å². The van der Waals surface area contributed by atoms with Crippen molar-refractivity contribution in [3.8, 4) is 0 Å². The van der Waals surface area contributed by atoms with E-state index in [1.54, 1.807) is 6.08 Å². The van der Waals surface area contributed by atoms with E-state index in [2.05, 4.69) is 39.6 Å². The van der Waals surface area contributed by atoms with Crippen molar-refractivity contribution >= 4 is 11.6 Å². The highest BCUT2D eigenvalue weighted by atomic mass is 16.3. The van der Waals surface area contributed by atoms with Crippen LogP contribution in [-0.2, 0) is 4.79 Å². The molecule has 2 fully saturated rings. The van der Waals surface area contributed by atoms with Crippen LogP contribution in [0, 0.1) is 36.0 Å². The molecular formula is C27H39NO2. The number of hydrogen-bond donors (Lipinski definition) is 2. The zero-order chi connectivity index (χ0) is 22.1. The second-order valence-electron chi connectivity index (χ2n) is 10.4. The Bertz CT molecular complexity index is 822. The van der Waals surface area contributed by atoms with Crippen LogP contribution in [-0.4, -0.2) is 17.1 Å². The van der Waals surface area contributed by atoms with Gasteiger partial charge >= 0.3 is 0 Å². The molecule has 0 saturated heterocycles. The van der Waals surface area contributed by atoms with Gasteiger partial charge in [0, 0.05) is 11.8 Å². The van der Waals surface area contributed by atoms with Crippen molar-refractivity contribution < 1.29 is 9.90 Å². The van der Waals surface area contributed by atoms with Crippen LogP contribution in [0.1, 0.15) is 65.4 Å². The zero-order valence-electron chi connectivity index (χ0n) is 19.4. The van der Waals surface area contributed by atoms with Gasteiger partial charge in [-0.25, -0.2) is 0 Å². The molecule has 5 unspecified atom stereocenters. The molecule has 0 aliphatic heterocycles. The molecule has 2 N–H and O–H groups in total. The number of benzene rings is 1. The minimum Gasteiger partial charge on any atom is -0.393 e. The smallest absolute Gasteiger partial charge is 0.248 e. The maximum atomic E-state index is 12.4. The van der Waals surface area contributed by atoms with Crippen molar-refractivity contribution in [1.29, 1.82) is 0 Å². The maximum Gasteiger partial charge on any atom is 0.248 e. The largest absolute Gasteiger partial charge is 0.393 e. The van der Waals surface area contributed by atoms with Crippen molar-refractivity contribution in [2.75, 3.05) is 5.32 Å². The normalized spacial score (nSPS) is 31.2. The summed E-state index contributed by atoms with van der Waals surface area (Å²) in [4.78, 5) is 12.4. The van der Waals surface area contributed by atoms with Gasteiger partial charge in [0.1, 0.15) is 0 Å². The first kappa shape index (κ1) is 22.8. The lowest BCUT2D eigenvalue weighted by molar-refractivity contribution is -0.112. The Morgan fingerprint density at radius 1 is 1.37 bits per heavy atom. The number of aryl methyl sites for hydroxylation is 1. The standard InChI is InChI=1S/C27H39NO2/c1-17-8-7-9-21(14-17)28-25(30)15-18(2)10-12-22-19(3)11-13-23-26(22)20(4)16-24(29)27(23,5)6/h7-9,14-15,20,22-24,26,29H,3,10-13,16H2,1-2,4-6H3,(H,28,30). The average Bonchev–Trinajstić information content (AvgIpc) is 2.65. The third-order valence-electron chi connectivity index (χ3n) is 7.81. The quantitative estimate of drug-likeness (QED) is 0.444. The fraction of sp³-hybridized carbons (Fsp3) is 0.593. The third-order valence-corrected chi connectivity index (χ3v) is 7.81. The Morgan fingerprint density at radius 2 is 2.10 bits per heavy atom. The van der Waals surface area contributed by atoms with E-state index in [0.717, 1.165) is 48.9 Å². The van der Waals surface area contributed by atoms with E-state index in [9.17, 15) is 9.90 Å². The van der Waals surface area contributed by atoms with E-state index in [1.165, 1.54) is 5.57 Å². The first-order valence-corrected chi connectivity index (χ1v) is 11.5. The van der Waals surface area contributed by atoms with Crippen molar-refractivity contribution in [1.82, 2.24) is 0 Å². The van der Waals surface area contributed by atoms with Crippen LogP contribution in [0.3, 0.4) is 0 Å². The van der Waals surface area contributed by atoms with Crippen LogP contribution in [0.15, 0.2) is 48.1 Å². The third kappa shape index (κ3) is 4.88. The van der Waals surface area contributed by atoms with Gasteiger partial charge in [-0.3, -0.25) is 4.79 Å². The zero-order valence-corrected chi connectivity index (χ0v) is 19.4. The van der Waals surface area contributed by atoms with Crippen LogP contribution in [0.25, 0.3) is 0 Å². The maximum absolute atomic E-state index is 12.4. The number of hydrogen-bond acceptors (Lipinski definition) is 2. The second-order valence-corrected chi connectivity index (χ2v) is 10.4. The molecule has 5 atom stereocenters. The number of amides is 1. The van der Waals surface area contributed by atoms with Gasteiger partial charge in [0.05, 0.1) is 6.10 Å². The lowest BCUT2D eigenvalue weighted by Crippen LogP contribution is -2.52. The van der Waals surface area contributed by atoms with E-state index >= 15 is 0 Å². The molecule has 1 aromatic rings. The van der Waals surface area contributed by atoms with Gasteiger partial charge < -0.3 is 10.4 Å². The molecule has 1 amide bonds. The number of carbonyl (C=O) groups excluding carboxylic acids is 1. The van der Waals surface area contributed by atoms with Crippen molar-refractivity contribution in [3.05, 3.63) is 53.6 Å². The Morgan fingerprint density at radius 3 is 2.80 bits per heavy atom. The summed E-state index contributed by atoms with van der Waals surface area (Å²) < 4.78 is 0. The predicted molar refractivity (Wildman–Crippen MR) is 125 cm³/mol. The molecule has 2 aliphatic carbocycles. The second kappa shape index (κ2) is 9.09. The topological polar surface area (TPSA) is 49.3 Å².